The number of rotatable bonds is 6. The Hall–Kier alpha value is -2.47. The molecule has 3 rings (SSSR count). The lowest BCUT2D eigenvalue weighted by Crippen LogP contribution is -2.21. The lowest BCUT2D eigenvalue weighted by atomic mass is 9.97. The Bertz CT molecular complexity index is 930. The molecule has 0 radical (unpaired) electrons. The molecule has 1 unspecified atom stereocenters. The first kappa shape index (κ1) is 18.3. The number of benzene rings is 2. The van der Waals surface area contributed by atoms with Gasteiger partial charge in [-0.15, -0.1) is 0 Å². The molecule has 1 aromatic heterocycles. The second-order valence-electron chi connectivity index (χ2n) is 6.07. The zero-order valence-electron chi connectivity index (χ0n) is 14.7. The summed E-state index contributed by atoms with van der Waals surface area (Å²) >= 11 is 3.43. The molecule has 1 amide bonds. The molecule has 0 saturated heterocycles. The number of para-hydroxylation sites is 1. The van der Waals surface area contributed by atoms with Crippen LogP contribution in [0.3, 0.4) is 0 Å². The smallest absolute Gasteiger partial charge is 0.262 e. The van der Waals surface area contributed by atoms with Crippen LogP contribution in [0.25, 0.3) is 10.9 Å². The van der Waals surface area contributed by atoms with Crippen LogP contribution in [0, 0.1) is 0 Å². The maximum atomic E-state index is 12.4. The Morgan fingerprint density at radius 1 is 1.23 bits per heavy atom. The van der Waals surface area contributed by atoms with E-state index in [1.54, 1.807) is 0 Å². The number of carbonyl (C=O) groups excluding carboxylic acids is 1. The van der Waals surface area contributed by atoms with Crippen LogP contribution >= 0.6 is 15.9 Å². The number of halogens is 1. The van der Waals surface area contributed by atoms with Crippen molar-refractivity contribution < 1.29 is 9.53 Å². The zero-order chi connectivity index (χ0) is 18.5. The molecule has 0 aliphatic carbocycles. The molecule has 26 heavy (non-hydrogen) atoms. The SMILES string of the molecule is CCC(C)c1ccccc1NC(=O)COc1ncnc2ccc(Br)cc12. The van der Waals surface area contributed by atoms with Gasteiger partial charge in [-0.2, -0.15) is 0 Å². The number of nitrogens with zero attached hydrogens (tertiary/aromatic N) is 2. The van der Waals surface area contributed by atoms with Gasteiger partial charge in [0.15, 0.2) is 6.61 Å². The average Bonchev–Trinajstić information content (AvgIpc) is 2.66. The van der Waals surface area contributed by atoms with Gasteiger partial charge in [0, 0.05) is 10.2 Å². The van der Waals surface area contributed by atoms with Gasteiger partial charge in [-0.1, -0.05) is 48.0 Å². The molecule has 3 aromatic rings. The van der Waals surface area contributed by atoms with E-state index in [4.69, 9.17) is 4.74 Å². The van der Waals surface area contributed by atoms with Crippen LogP contribution in [0.2, 0.25) is 0 Å². The normalized spacial score (nSPS) is 12.0. The standard InChI is InChI=1S/C20H20BrN3O2/c1-3-13(2)15-6-4-5-7-18(15)24-19(25)11-26-20-16-10-14(21)8-9-17(16)22-12-23-20/h4-10,12-13H,3,11H2,1-2H3,(H,24,25). The highest BCUT2D eigenvalue weighted by Gasteiger charge is 2.12. The third kappa shape index (κ3) is 4.19. The Labute approximate surface area is 160 Å². The van der Waals surface area contributed by atoms with Crippen molar-refractivity contribution in [1.82, 2.24) is 9.97 Å². The van der Waals surface area contributed by atoms with Crippen LogP contribution in [0.5, 0.6) is 5.88 Å². The van der Waals surface area contributed by atoms with E-state index >= 15 is 0 Å². The summed E-state index contributed by atoms with van der Waals surface area (Å²) in [4.78, 5) is 20.7. The summed E-state index contributed by atoms with van der Waals surface area (Å²) in [5.74, 6) is 0.541. The average molecular weight is 414 g/mol. The number of aromatic nitrogens is 2. The van der Waals surface area contributed by atoms with Crippen LogP contribution in [0.4, 0.5) is 5.69 Å². The minimum Gasteiger partial charge on any atom is -0.467 e. The fraction of sp³-hybridized carbons (Fsp3) is 0.250. The van der Waals surface area contributed by atoms with E-state index in [1.165, 1.54) is 6.33 Å². The van der Waals surface area contributed by atoms with Gasteiger partial charge >= 0.3 is 0 Å². The van der Waals surface area contributed by atoms with Gasteiger partial charge in [0.25, 0.3) is 5.91 Å². The maximum Gasteiger partial charge on any atom is 0.262 e. The number of amides is 1. The second kappa shape index (κ2) is 8.27. The summed E-state index contributed by atoms with van der Waals surface area (Å²) in [5.41, 5.74) is 2.71. The summed E-state index contributed by atoms with van der Waals surface area (Å²) in [6.45, 7) is 4.16. The third-order valence-electron chi connectivity index (χ3n) is 4.28. The van der Waals surface area contributed by atoms with Crippen molar-refractivity contribution in [2.45, 2.75) is 26.2 Å². The minimum atomic E-state index is -0.220. The van der Waals surface area contributed by atoms with Crippen molar-refractivity contribution in [3.8, 4) is 5.88 Å². The molecule has 1 N–H and O–H groups in total. The van der Waals surface area contributed by atoms with E-state index in [1.807, 2.05) is 42.5 Å². The monoisotopic (exact) mass is 413 g/mol. The quantitative estimate of drug-likeness (QED) is 0.622. The molecule has 0 aliphatic rings. The van der Waals surface area contributed by atoms with Crippen LogP contribution in [0.1, 0.15) is 31.7 Å². The number of hydrogen-bond donors (Lipinski definition) is 1. The summed E-state index contributed by atoms with van der Waals surface area (Å²) in [5, 5.41) is 3.70. The Kier molecular flexibility index (Phi) is 5.83. The van der Waals surface area contributed by atoms with Crippen molar-refractivity contribution in [2.24, 2.45) is 0 Å². The van der Waals surface area contributed by atoms with Gasteiger partial charge in [0.2, 0.25) is 5.88 Å². The number of fused-ring (bicyclic) bond motifs is 1. The summed E-state index contributed by atoms with van der Waals surface area (Å²) in [6, 6.07) is 13.5. The predicted octanol–water partition coefficient (Wildman–Crippen LogP) is 4.92. The second-order valence-corrected chi connectivity index (χ2v) is 6.99. The van der Waals surface area contributed by atoms with Gasteiger partial charge in [-0.3, -0.25) is 4.79 Å². The molecular formula is C20H20BrN3O2. The first-order valence-corrected chi connectivity index (χ1v) is 9.29. The van der Waals surface area contributed by atoms with Crippen LogP contribution in [-0.2, 0) is 4.79 Å². The van der Waals surface area contributed by atoms with Gasteiger partial charge < -0.3 is 10.1 Å². The highest BCUT2D eigenvalue weighted by atomic mass is 79.9. The van der Waals surface area contributed by atoms with E-state index in [9.17, 15) is 4.79 Å². The molecule has 1 atom stereocenters. The van der Waals surface area contributed by atoms with E-state index in [2.05, 4.69) is 45.1 Å². The minimum absolute atomic E-state index is 0.118. The molecule has 0 bridgehead atoms. The van der Waals surface area contributed by atoms with Crippen molar-refractivity contribution in [2.75, 3.05) is 11.9 Å². The summed E-state index contributed by atoms with van der Waals surface area (Å²) in [7, 11) is 0. The highest BCUT2D eigenvalue weighted by Crippen LogP contribution is 2.27. The molecule has 0 saturated carbocycles. The fourth-order valence-corrected chi connectivity index (χ4v) is 3.06. The zero-order valence-corrected chi connectivity index (χ0v) is 16.3. The highest BCUT2D eigenvalue weighted by molar-refractivity contribution is 9.10. The van der Waals surface area contributed by atoms with Crippen molar-refractivity contribution in [3.05, 3.63) is 58.8 Å². The van der Waals surface area contributed by atoms with Gasteiger partial charge in [0.05, 0.1) is 10.9 Å². The van der Waals surface area contributed by atoms with Gasteiger partial charge in [-0.25, -0.2) is 9.97 Å². The van der Waals surface area contributed by atoms with E-state index < -0.39 is 0 Å². The number of ether oxygens (including phenoxy) is 1. The maximum absolute atomic E-state index is 12.4. The molecule has 1 heterocycles. The van der Waals surface area contributed by atoms with E-state index in [0.717, 1.165) is 33.0 Å². The number of anilines is 1. The van der Waals surface area contributed by atoms with Gasteiger partial charge in [-0.05, 0) is 42.2 Å². The Morgan fingerprint density at radius 2 is 2.04 bits per heavy atom. The predicted molar refractivity (Wildman–Crippen MR) is 107 cm³/mol. The third-order valence-corrected chi connectivity index (χ3v) is 4.77. The van der Waals surface area contributed by atoms with Crippen LogP contribution in [-0.4, -0.2) is 22.5 Å². The number of nitrogens with one attached hydrogen (secondary N) is 1. The molecular weight excluding hydrogens is 394 g/mol. The number of hydrogen-bond acceptors (Lipinski definition) is 4. The molecule has 134 valence electrons. The first-order valence-electron chi connectivity index (χ1n) is 8.50. The lowest BCUT2D eigenvalue weighted by Gasteiger charge is -2.15. The van der Waals surface area contributed by atoms with Crippen molar-refractivity contribution in [3.63, 3.8) is 0 Å². The van der Waals surface area contributed by atoms with Crippen LogP contribution < -0.4 is 10.1 Å². The fourth-order valence-electron chi connectivity index (χ4n) is 2.70. The molecule has 0 spiro atoms. The lowest BCUT2D eigenvalue weighted by molar-refractivity contribution is -0.118. The molecule has 0 aliphatic heterocycles. The first-order chi connectivity index (χ1) is 12.6. The Balaban J connectivity index is 1.72. The van der Waals surface area contributed by atoms with Crippen molar-refractivity contribution in [1.29, 1.82) is 0 Å². The molecule has 5 nitrogen and oxygen atoms in total. The number of carbonyl (C=O) groups is 1. The molecule has 0 fully saturated rings. The topological polar surface area (TPSA) is 64.1 Å². The van der Waals surface area contributed by atoms with Crippen LogP contribution in [0.15, 0.2) is 53.3 Å². The molecule has 6 heteroatoms. The summed E-state index contributed by atoms with van der Waals surface area (Å²) in [6.07, 6.45) is 2.44. The van der Waals surface area contributed by atoms with Crippen molar-refractivity contribution >= 4 is 38.4 Å². The molecule has 2 aromatic carbocycles. The largest absolute Gasteiger partial charge is 0.467 e. The van der Waals surface area contributed by atoms with E-state index in [-0.39, 0.29) is 12.5 Å². The summed E-state index contributed by atoms with van der Waals surface area (Å²) < 4.78 is 6.55. The Morgan fingerprint density at radius 3 is 2.85 bits per heavy atom. The van der Waals surface area contributed by atoms with Gasteiger partial charge in [0.1, 0.15) is 6.33 Å². The van der Waals surface area contributed by atoms with E-state index in [0.29, 0.717) is 11.8 Å².